The van der Waals surface area contributed by atoms with Gasteiger partial charge in [0.2, 0.25) is 0 Å². The number of aliphatic hydroxyl groups excluding tert-OH is 1. The molecule has 0 saturated heterocycles. The van der Waals surface area contributed by atoms with E-state index < -0.39 is 0 Å². The van der Waals surface area contributed by atoms with E-state index in [4.69, 9.17) is 5.11 Å². The van der Waals surface area contributed by atoms with E-state index in [1.54, 1.807) is 6.07 Å². The second kappa shape index (κ2) is 4.48. The summed E-state index contributed by atoms with van der Waals surface area (Å²) in [5.74, 6) is -0.226. The Labute approximate surface area is 75.6 Å². The topological polar surface area (TPSA) is 20.2 Å². The van der Waals surface area contributed by atoms with Crippen molar-refractivity contribution in [2.24, 2.45) is 0 Å². The third kappa shape index (κ3) is 1.99. The van der Waals surface area contributed by atoms with Crippen molar-refractivity contribution in [3.05, 3.63) is 29.6 Å². The molecule has 0 radical (unpaired) electrons. The van der Waals surface area contributed by atoms with Gasteiger partial charge in [0.15, 0.2) is 0 Å². The largest absolute Gasteiger partial charge is 0.396 e. The molecular formula is C9H11FOS. The summed E-state index contributed by atoms with van der Waals surface area (Å²) in [5, 5.41) is 8.69. The van der Waals surface area contributed by atoms with Crippen molar-refractivity contribution < 1.29 is 9.50 Å². The van der Waals surface area contributed by atoms with Gasteiger partial charge in [0, 0.05) is 17.1 Å². The first kappa shape index (κ1) is 9.55. The van der Waals surface area contributed by atoms with E-state index in [1.807, 2.05) is 12.3 Å². The van der Waals surface area contributed by atoms with Gasteiger partial charge in [-0.05, 0) is 24.8 Å². The highest BCUT2D eigenvalue weighted by Crippen LogP contribution is 2.22. The molecule has 0 heterocycles. The highest BCUT2D eigenvalue weighted by molar-refractivity contribution is 7.98. The predicted molar refractivity (Wildman–Crippen MR) is 49.0 cm³/mol. The summed E-state index contributed by atoms with van der Waals surface area (Å²) in [4.78, 5) is 0.907. The Morgan fingerprint density at radius 3 is 2.83 bits per heavy atom. The van der Waals surface area contributed by atoms with Crippen LogP contribution in [-0.4, -0.2) is 18.0 Å². The fourth-order valence-corrected chi connectivity index (χ4v) is 1.75. The van der Waals surface area contributed by atoms with Crippen LogP contribution in [0.25, 0.3) is 0 Å². The summed E-state index contributed by atoms with van der Waals surface area (Å²) in [6.45, 7) is -0.00546. The average molecular weight is 186 g/mol. The zero-order chi connectivity index (χ0) is 8.97. The highest BCUT2D eigenvalue weighted by Gasteiger charge is 2.05. The zero-order valence-corrected chi connectivity index (χ0v) is 7.70. The molecule has 0 spiro atoms. The molecule has 12 heavy (non-hydrogen) atoms. The number of hydrogen-bond donors (Lipinski definition) is 1. The van der Waals surface area contributed by atoms with Gasteiger partial charge in [0.05, 0.1) is 0 Å². The van der Waals surface area contributed by atoms with Gasteiger partial charge in [-0.3, -0.25) is 0 Å². The highest BCUT2D eigenvalue weighted by atomic mass is 32.2. The van der Waals surface area contributed by atoms with Crippen molar-refractivity contribution in [1.29, 1.82) is 0 Å². The smallest absolute Gasteiger partial charge is 0.127 e. The Morgan fingerprint density at radius 1 is 1.50 bits per heavy atom. The van der Waals surface area contributed by atoms with Crippen LogP contribution in [0.5, 0.6) is 0 Å². The lowest BCUT2D eigenvalue weighted by molar-refractivity contribution is 0.296. The second-order valence-electron chi connectivity index (χ2n) is 2.39. The summed E-state index contributed by atoms with van der Waals surface area (Å²) < 4.78 is 13.1. The van der Waals surface area contributed by atoms with Crippen molar-refractivity contribution in [1.82, 2.24) is 0 Å². The molecule has 1 nitrogen and oxygen atoms in total. The first-order valence-corrected chi connectivity index (χ1v) is 4.94. The third-order valence-corrected chi connectivity index (χ3v) is 2.48. The fourth-order valence-electron chi connectivity index (χ4n) is 1.08. The molecule has 0 aliphatic heterocycles. The Balaban J connectivity index is 3.02. The maximum Gasteiger partial charge on any atom is 0.127 e. The standard InChI is InChI=1S/C9H11FOS/c1-12-9-4-2-3-8(10)7(9)5-6-11/h2-4,11H,5-6H2,1H3. The van der Waals surface area contributed by atoms with Gasteiger partial charge >= 0.3 is 0 Å². The predicted octanol–water partition coefficient (Wildman–Crippen LogP) is 2.08. The normalized spacial score (nSPS) is 10.2. The summed E-state index contributed by atoms with van der Waals surface area (Å²) in [6, 6.07) is 4.96. The van der Waals surface area contributed by atoms with Crippen LogP contribution in [0.2, 0.25) is 0 Å². The van der Waals surface area contributed by atoms with Crippen LogP contribution in [-0.2, 0) is 6.42 Å². The molecule has 1 rings (SSSR count). The molecule has 0 aliphatic rings. The summed E-state index contributed by atoms with van der Waals surface area (Å²) in [5.41, 5.74) is 0.618. The lowest BCUT2D eigenvalue weighted by Crippen LogP contribution is -1.96. The van der Waals surface area contributed by atoms with Crippen LogP contribution < -0.4 is 0 Å². The molecule has 0 aliphatic carbocycles. The number of hydrogen-bond acceptors (Lipinski definition) is 2. The monoisotopic (exact) mass is 186 g/mol. The lowest BCUT2D eigenvalue weighted by atomic mass is 10.1. The van der Waals surface area contributed by atoms with Crippen LogP contribution >= 0.6 is 11.8 Å². The van der Waals surface area contributed by atoms with Gasteiger partial charge in [0.1, 0.15) is 5.82 Å². The maximum atomic E-state index is 13.1. The summed E-state index contributed by atoms with van der Waals surface area (Å²) in [7, 11) is 0. The molecule has 0 fully saturated rings. The Kier molecular flexibility index (Phi) is 3.56. The Morgan fingerprint density at radius 2 is 2.25 bits per heavy atom. The first-order valence-electron chi connectivity index (χ1n) is 3.72. The molecule has 0 bridgehead atoms. The van der Waals surface area contributed by atoms with E-state index in [1.165, 1.54) is 17.8 Å². The SMILES string of the molecule is CSc1cccc(F)c1CCO. The minimum Gasteiger partial charge on any atom is -0.396 e. The fraction of sp³-hybridized carbons (Fsp3) is 0.333. The van der Waals surface area contributed by atoms with Gasteiger partial charge in [-0.2, -0.15) is 0 Å². The van der Waals surface area contributed by atoms with Gasteiger partial charge < -0.3 is 5.11 Å². The number of aliphatic hydroxyl groups is 1. The zero-order valence-electron chi connectivity index (χ0n) is 6.88. The van der Waals surface area contributed by atoms with Crippen LogP contribution in [0.15, 0.2) is 23.1 Å². The maximum absolute atomic E-state index is 13.1. The number of benzene rings is 1. The molecule has 3 heteroatoms. The van der Waals surface area contributed by atoms with E-state index in [0.717, 1.165) is 4.90 Å². The van der Waals surface area contributed by atoms with Gasteiger partial charge in [-0.15, -0.1) is 11.8 Å². The molecule has 1 N–H and O–H groups in total. The Bertz CT molecular complexity index is 263. The molecule has 1 aromatic carbocycles. The van der Waals surface area contributed by atoms with Gasteiger partial charge in [-0.1, -0.05) is 6.07 Å². The minimum absolute atomic E-state index is 0.00546. The first-order chi connectivity index (χ1) is 5.79. The van der Waals surface area contributed by atoms with Gasteiger partial charge in [0.25, 0.3) is 0 Å². The van der Waals surface area contributed by atoms with Crippen molar-refractivity contribution in [2.45, 2.75) is 11.3 Å². The second-order valence-corrected chi connectivity index (χ2v) is 3.24. The number of rotatable bonds is 3. The molecular weight excluding hydrogens is 175 g/mol. The lowest BCUT2D eigenvalue weighted by Gasteiger charge is -2.05. The van der Waals surface area contributed by atoms with E-state index in [9.17, 15) is 4.39 Å². The molecule has 0 aromatic heterocycles. The Hall–Kier alpha value is -0.540. The molecule has 0 saturated carbocycles. The van der Waals surface area contributed by atoms with Crippen molar-refractivity contribution in [3.63, 3.8) is 0 Å². The van der Waals surface area contributed by atoms with E-state index in [-0.39, 0.29) is 12.4 Å². The van der Waals surface area contributed by atoms with Crippen molar-refractivity contribution in [3.8, 4) is 0 Å². The van der Waals surface area contributed by atoms with Crippen LogP contribution in [0.3, 0.4) is 0 Å². The van der Waals surface area contributed by atoms with Gasteiger partial charge in [-0.25, -0.2) is 4.39 Å². The molecule has 0 unspecified atom stereocenters. The van der Waals surface area contributed by atoms with E-state index in [0.29, 0.717) is 12.0 Å². The minimum atomic E-state index is -0.226. The number of thioether (sulfide) groups is 1. The van der Waals surface area contributed by atoms with Crippen LogP contribution in [0.4, 0.5) is 4.39 Å². The number of halogens is 1. The molecule has 0 amide bonds. The quantitative estimate of drug-likeness (QED) is 0.729. The van der Waals surface area contributed by atoms with Crippen molar-refractivity contribution >= 4 is 11.8 Å². The molecule has 1 aromatic rings. The summed E-state index contributed by atoms with van der Waals surface area (Å²) >= 11 is 1.50. The van der Waals surface area contributed by atoms with E-state index >= 15 is 0 Å². The average Bonchev–Trinajstić information content (AvgIpc) is 2.09. The molecule has 66 valence electrons. The van der Waals surface area contributed by atoms with Crippen molar-refractivity contribution in [2.75, 3.05) is 12.9 Å². The molecule has 0 atom stereocenters. The van der Waals surface area contributed by atoms with Crippen LogP contribution in [0, 0.1) is 5.82 Å². The summed E-state index contributed by atoms with van der Waals surface area (Å²) in [6.07, 6.45) is 2.29. The van der Waals surface area contributed by atoms with E-state index in [2.05, 4.69) is 0 Å². The van der Waals surface area contributed by atoms with Crippen LogP contribution in [0.1, 0.15) is 5.56 Å². The third-order valence-electron chi connectivity index (χ3n) is 1.66.